The summed E-state index contributed by atoms with van der Waals surface area (Å²) < 4.78 is 24.4. The van der Waals surface area contributed by atoms with E-state index in [1.807, 2.05) is 37.3 Å². The van der Waals surface area contributed by atoms with Gasteiger partial charge in [-0.2, -0.15) is 0 Å². The van der Waals surface area contributed by atoms with E-state index in [9.17, 15) is 4.39 Å². The summed E-state index contributed by atoms with van der Waals surface area (Å²) in [7, 11) is 1.62. The smallest absolute Gasteiger partial charge is 0.176 e. The molecule has 108 valence electrons. The molecule has 0 aliphatic carbocycles. The third kappa shape index (κ3) is 2.84. The van der Waals surface area contributed by atoms with Gasteiger partial charge in [0, 0.05) is 11.1 Å². The molecule has 1 N–H and O–H groups in total. The molecule has 4 heteroatoms. The molecule has 0 amide bonds. The highest BCUT2D eigenvalue weighted by atomic mass is 19.1. The number of furan rings is 1. The molecule has 0 fully saturated rings. The average Bonchev–Trinajstić information content (AvgIpc) is 2.87. The number of rotatable bonds is 4. The second kappa shape index (κ2) is 5.48. The molecule has 0 unspecified atom stereocenters. The Labute approximate surface area is 122 Å². The molecule has 0 aliphatic heterocycles. The Morgan fingerprint density at radius 1 is 1.19 bits per heavy atom. The topological polar surface area (TPSA) is 34.4 Å². The van der Waals surface area contributed by atoms with Gasteiger partial charge in [-0.15, -0.1) is 0 Å². The lowest BCUT2D eigenvalue weighted by Gasteiger charge is -2.05. The number of hydrogen-bond acceptors (Lipinski definition) is 3. The minimum atomic E-state index is -0.247. The summed E-state index contributed by atoms with van der Waals surface area (Å²) in [5.41, 5.74) is 2.34. The molecule has 21 heavy (non-hydrogen) atoms. The minimum absolute atomic E-state index is 0.247. The van der Waals surface area contributed by atoms with Gasteiger partial charge in [0.1, 0.15) is 11.6 Å². The van der Waals surface area contributed by atoms with Crippen molar-refractivity contribution in [1.82, 2.24) is 0 Å². The number of methoxy groups -OCH3 is 1. The van der Waals surface area contributed by atoms with E-state index in [0.717, 1.165) is 28.0 Å². The molecule has 3 rings (SSSR count). The molecule has 3 nitrogen and oxygen atoms in total. The molecule has 1 heterocycles. The number of nitrogens with one attached hydrogen (secondary N) is 1. The van der Waals surface area contributed by atoms with Crippen LogP contribution >= 0.6 is 0 Å². The fourth-order valence-corrected chi connectivity index (χ4v) is 2.37. The van der Waals surface area contributed by atoms with Crippen LogP contribution in [0.1, 0.15) is 11.3 Å². The summed E-state index contributed by atoms with van der Waals surface area (Å²) in [6.45, 7) is 2.35. The van der Waals surface area contributed by atoms with Crippen LogP contribution in [0.15, 0.2) is 46.9 Å². The molecule has 3 aromatic rings. The summed E-state index contributed by atoms with van der Waals surface area (Å²) in [6.07, 6.45) is 0. The van der Waals surface area contributed by atoms with E-state index in [4.69, 9.17) is 9.15 Å². The molecule has 0 radical (unpaired) electrons. The lowest BCUT2D eigenvalue weighted by molar-refractivity contribution is 0.408. The number of aryl methyl sites for hydroxylation is 1. The van der Waals surface area contributed by atoms with Gasteiger partial charge in [0.05, 0.1) is 13.7 Å². The maximum atomic E-state index is 13.3. The van der Waals surface area contributed by atoms with Crippen LogP contribution in [0.2, 0.25) is 0 Å². The lowest BCUT2D eigenvalue weighted by Crippen LogP contribution is -1.98. The highest BCUT2D eigenvalue weighted by molar-refractivity contribution is 5.83. The molecule has 2 aromatic carbocycles. The zero-order valence-electron chi connectivity index (χ0n) is 11.9. The van der Waals surface area contributed by atoms with E-state index < -0.39 is 0 Å². The SMILES string of the molecule is COc1cccc2cc(CNc3cc(C)cc(F)c3)oc12. The molecule has 1 aromatic heterocycles. The van der Waals surface area contributed by atoms with E-state index in [1.54, 1.807) is 7.11 Å². The Kier molecular flexibility index (Phi) is 3.52. The monoisotopic (exact) mass is 285 g/mol. The van der Waals surface area contributed by atoms with Crippen LogP contribution in [-0.4, -0.2) is 7.11 Å². The molecule has 0 spiro atoms. The second-order valence-electron chi connectivity index (χ2n) is 4.96. The highest BCUT2D eigenvalue weighted by Gasteiger charge is 2.08. The fraction of sp³-hybridized carbons (Fsp3) is 0.176. The number of halogens is 1. The molecule has 0 aliphatic rings. The van der Waals surface area contributed by atoms with Gasteiger partial charge in [0.2, 0.25) is 0 Å². The number of hydrogen-bond donors (Lipinski definition) is 1. The Bertz CT molecular complexity index is 759. The Morgan fingerprint density at radius 3 is 2.81 bits per heavy atom. The van der Waals surface area contributed by atoms with Crippen LogP contribution in [0.5, 0.6) is 5.75 Å². The number of para-hydroxylation sites is 1. The standard InChI is InChI=1S/C17H16FNO2/c1-11-6-13(18)9-14(7-11)19-10-15-8-12-4-3-5-16(20-2)17(12)21-15/h3-9,19H,10H2,1-2H3. The van der Waals surface area contributed by atoms with Crippen molar-refractivity contribution in [2.75, 3.05) is 12.4 Å². The third-order valence-electron chi connectivity index (χ3n) is 3.29. The number of fused-ring (bicyclic) bond motifs is 1. The number of benzene rings is 2. The summed E-state index contributed by atoms with van der Waals surface area (Å²) in [5.74, 6) is 1.24. The van der Waals surface area contributed by atoms with Crippen molar-refractivity contribution >= 4 is 16.7 Å². The average molecular weight is 285 g/mol. The van der Waals surface area contributed by atoms with Gasteiger partial charge in [-0.3, -0.25) is 0 Å². The minimum Gasteiger partial charge on any atom is -0.493 e. The first-order valence-electron chi connectivity index (χ1n) is 6.72. The summed E-state index contributed by atoms with van der Waals surface area (Å²) in [4.78, 5) is 0. The fourth-order valence-electron chi connectivity index (χ4n) is 2.37. The molecule has 0 atom stereocenters. The van der Waals surface area contributed by atoms with E-state index in [1.165, 1.54) is 12.1 Å². The van der Waals surface area contributed by atoms with Gasteiger partial charge in [0.25, 0.3) is 0 Å². The Hall–Kier alpha value is -2.49. The quantitative estimate of drug-likeness (QED) is 0.766. The Morgan fingerprint density at radius 2 is 2.05 bits per heavy atom. The van der Waals surface area contributed by atoms with Crippen LogP contribution in [0.3, 0.4) is 0 Å². The van der Waals surface area contributed by atoms with Gasteiger partial charge in [-0.05, 0) is 42.8 Å². The molecular weight excluding hydrogens is 269 g/mol. The van der Waals surface area contributed by atoms with Crippen molar-refractivity contribution in [3.8, 4) is 5.75 Å². The normalized spacial score (nSPS) is 10.8. The number of ether oxygens (including phenoxy) is 1. The summed E-state index contributed by atoms with van der Waals surface area (Å²) in [6, 6.07) is 12.6. The van der Waals surface area contributed by atoms with Crippen molar-refractivity contribution in [3.05, 3.63) is 59.6 Å². The highest BCUT2D eigenvalue weighted by Crippen LogP contribution is 2.28. The van der Waals surface area contributed by atoms with Crippen molar-refractivity contribution < 1.29 is 13.5 Å². The third-order valence-corrected chi connectivity index (χ3v) is 3.29. The van der Waals surface area contributed by atoms with Crippen molar-refractivity contribution in [3.63, 3.8) is 0 Å². The molecule has 0 saturated carbocycles. The summed E-state index contributed by atoms with van der Waals surface area (Å²) in [5, 5.41) is 4.15. The van der Waals surface area contributed by atoms with Gasteiger partial charge in [-0.25, -0.2) is 4.39 Å². The van der Waals surface area contributed by atoms with Crippen LogP contribution in [0.4, 0.5) is 10.1 Å². The maximum absolute atomic E-state index is 13.3. The van der Waals surface area contributed by atoms with Crippen molar-refractivity contribution in [1.29, 1.82) is 0 Å². The van der Waals surface area contributed by atoms with E-state index in [-0.39, 0.29) is 5.82 Å². The first-order chi connectivity index (χ1) is 10.2. The Balaban J connectivity index is 1.82. The van der Waals surface area contributed by atoms with Crippen LogP contribution < -0.4 is 10.1 Å². The zero-order valence-corrected chi connectivity index (χ0v) is 11.9. The second-order valence-corrected chi connectivity index (χ2v) is 4.96. The first-order valence-corrected chi connectivity index (χ1v) is 6.72. The van der Waals surface area contributed by atoms with E-state index >= 15 is 0 Å². The predicted molar refractivity (Wildman–Crippen MR) is 81.2 cm³/mol. The van der Waals surface area contributed by atoms with Gasteiger partial charge >= 0.3 is 0 Å². The van der Waals surface area contributed by atoms with E-state index in [2.05, 4.69) is 5.32 Å². The van der Waals surface area contributed by atoms with E-state index in [0.29, 0.717) is 12.3 Å². The van der Waals surface area contributed by atoms with Gasteiger partial charge in [0.15, 0.2) is 11.3 Å². The van der Waals surface area contributed by atoms with Gasteiger partial charge in [-0.1, -0.05) is 12.1 Å². The largest absolute Gasteiger partial charge is 0.493 e. The predicted octanol–water partition coefficient (Wildman–Crippen LogP) is 4.50. The van der Waals surface area contributed by atoms with Crippen LogP contribution in [0, 0.1) is 12.7 Å². The lowest BCUT2D eigenvalue weighted by atomic mass is 10.2. The number of anilines is 1. The molecular formula is C17H16FNO2. The molecule has 0 bridgehead atoms. The van der Waals surface area contributed by atoms with Crippen molar-refractivity contribution in [2.45, 2.75) is 13.5 Å². The van der Waals surface area contributed by atoms with Crippen LogP contribution in [0.25, 0.3) is 11.0 Å². The first kappa shape index (κ1) is 13.5. The summed E-state index contributed by atoms with van der Waals surface area (Å²) >= 11 is 0. The van der Waals surface area contributed by atoms with Gasteiger partial charge < -0.3 is 14.5 Å². The van der Waals surface area contributed by atoms with Crippen molar-refractivity contribution in [2.24, 2.45) is 0 Å². The zero-order chi connectivity index (χ0) is 14.8. The maximum Gasteiger partial charge on any atom is 0.176 e. The van der Waals surface area contributed by atoms with Crippen LogP contribution in [-0.2, 0) is 6.54 Å². The molecule has 0 saturated heterocycles.